The summed E-state index contributed by atoms with van der Waals surface area (Å²) in [4.78, 5) is 29.9. The summed E-state index contributed by atoms with van der Waals surface area (Å²) in [6.45, 7) is -0.620. The Balaban J connectivity index is 1.40. The van der Waals surface area contributed by atoms with Gasteiger partial charge in [-0.05, 0) is 46.5 Å². The normalized spacial score (nSPS) is 13.3. The molecule has 1 N–H and O–H groups in total. The van der Waals surface area contributed by atoms with Crippen molar-refractivity contribution in [1.29, 1.82) is 0 Å². The largest absolute Gasteiger partial charge is 0.459 e. The first-order chi connectivity index (χ1) is 19.5. The number of alkyl halides is 1. The Bertz CT molecular complexity index is 1410. The van der Waals surface area contributed by atoms with Crippen molar-refractivity contribution >= 4 is 18.2 Å². The van der Waals surface area contributed by atoms with Gasteiger partial charge in [0.2, 0.25) is 0 Å². The van der Waals surface area contributed by atoms with E-state index in [0.717, 1.165) is 28.5 Å². The quantitative estimate of drug-likeness (QED) is 0.148. The summed E-state index contributed by atoms with van der Waals surface area (Å²) in [6, 6.07) is 32.5. The van der Waals surface area contributed by atoms with Crippen molar-refractivity contribution in [3.05, 3.63) is 120 Å². The van der Waals surface area contributed by atoms with Crippen molar-refractivity contribution in [2.24, 2.45) is 5.16 Å². The molecular formula is C32H28FNO6. The first kappa shape index (κ1) is 28.2. The maximum absolute atomic E-state index is 14.9. The Hall–Kier alpha value is -4.82. The Morgan fingerprint density at radius 2 is 1.20 bits per heavy atom. The fourth-order valence-electron chi connectivity index (χ4n) is 3.95. The van der Waals surface area contributed by atoms with Crippen LogP contribution in [0.1, 0.15) is 20.7 Å². The lowest BCUT2D eigenvalue weighted by Gasteiger charge is -2.24. The molecule has 0 heterocycles. The van der Waals surface area contributed by atoms with E-state index < -0.39 is 36.9 Å². The number of halogens is 1. The molecule has 0 fully saturated rings. The van der Waals surface area contributed by atoms with E-state index in [1.807, 2.05) is 60.7 Å². The van der Waals surface area contributed by atoms with Crippen LogP contribution >= 0.6 is 0 Å². The minimum Gasteiger partial charge on any atom is -0.459 e. The zero-order valence-corrected chi connectivity index (χ0v) is 21.7. The number of aliphatic hydroxyl groups excluding tert-OH is 1. The number of esters is 2. The third kappa shape index (κ3) is 7.39. The van der Waals surface area contributed by atoms with Crippen molar-refractivity contribution in [2.75, 3.05) is 13.7 Å². The molecule has 4 aromatic carbocycles. The van der Waals surface area contributed by atoms with Crippen LogP contribution in [-0.2, 0) is 14.3 Å². The molecule has 0 radical (unpaired) electrons. The van der Waals surface area contributed by atoms with Crippen LogP contribution in [0.15, 0.2) is 114 Å². The minimum absolute atomic E-state index is 0.156. The molecule has 7 nitrogen and oxygen atoms in total. The molecule has 0 aliphatic rings. The molecular weight excluding hydrogens is 513 g/mol. The molecule has 4 rings (SSSR count). The number of carbonyl (C=O) groups is 2. The summed E-state index contributed by atoms with van der Waals surface area (Å²) < 4.78 is 25.4. The van der Waals surface area contributed by atoms with Crippen LogP contribution in [0, 0.1) is 0 Å². The van der Waals surface area contributed by atoms with E-state index in [9.17, 15) is 19.1 Å². The van der Waals surface area contributed by atoms with Crippen molar-refractivity contribution in [3.63, 3.8) is 0 Å². The number of benzene rings is 4. The number of oxime groups is 1. The molecule has 40 heavy (non-hydrogen) atoms. The fourth-order valence-corrected chi connectivity index (χ4v) is 3.95. The first-order valence-electron chi connectivity index (χ1n) is 12.5. The molecule has 0 saturated carbocycles. The van der Waals surface area contributed by atoms with E-state index in [0.29, 0.717) is 0 Å². The Kier molecular flexibility index (Phi) is 9.74. The van der Waals surface area contributed by atoms with E-state index in [-0.39, 0.29) is 11.1 Å². The van der Waals surface area contributed by atoms with Crippen LogP contribution in [0.3, 0.4) is 0 Å². The van der Waals surface area contributed by atoms with Crippen LogP contribution in [0.4, 0.5) is 4.39 Å². The third-order valence-electron chi connectivity index (χ3n) is 6.09. The van der Waals surface area contributed by atoms with Gasteiger partial charge in [-0.15, -0.1) is 0 Å². The van der Waals surface area contributed by atoms with E-state index in [2.05, 4.69) is 9.99 Å². The molecule has 0 saturated heterocycles. The average Bonchev–Trinajstić information content (AvgIpc) is 3.02. The van der Waals surface area contributed by atoms with Crippen LogP contribution in [0.5, 0.6) is 0 Å². The second-order valence-corrected chi connectivity index (χ2v) is 8.80. The van der Waals surface area contributed by atoms with E-state index in [1.165, 1.54) is 7.11 Å². The standard InChI is InChI=1S/C32H28FNO6/c1-38-34-20-28(33)30(40-32(37)27-18-14-25(15-19-27)23-10-6-3-7-11-23)29(35)21-39-31(36)26-16-12-24(13-17-26)22-8-4-2-5-9-22/h2-20,28-30,35H,21H2,1H3/b34-20-/t28-,29-,30+/m1/s1. The highest BCUT2D eigenvalue weighted by molar-refractivity contribution is 5.91. The minimum atomic E-state index is -2.04. The van der Waals surface area contributed by atoms with Crippen LogP contribution in [-0.4, -0.2) is 55.4 Å². The van der Waals surface area contributed by atoms with Crippen molar-refractivity contribution < 1.29 is 33.4 Å². The second-order valence-electron chi connectivity index (χ2n) is 8.80. The van der Waals surface area contributed by atoms with Gasteiger partial charge in [-0.3, -0.25) is 0 Å². The van der Waals surface area contributed by atoms with E-state index >= 15 is 0 Å². The third-order valence-corrected chi connectivity index (χ3v) is 6.09. The number of hydrogen-bond donors (Lipinski definition) is 1. The number of aliphatic hydroxyl groups is 1. The maximum Gasteiger partial charge on any atom is 0.338 e. The number of rotatable bonds is 11. The molecule has 204 valence electrons. The van der Waals surface area contributed by atoms with Gasteiger partial charge in [0.25, 0.3) is 0 Å². The monoisotopic (exact) mass is 541 g/mol. The van der Waals surface area contributed by atoms with Gasteiger partial charge >= 0.3 is 11.9 Å². The number of nitrogens with zero attached hydrogens (tertiary/aromatic N) is 1. The lowest BCUT2D eigenvalue weighted by molar-refractivity contribution is -0.0594. The van der Waals surface area contributed by atoms with Gasteiger partial charge < -0.3 is 19.4 Å². The topological polar surface area (TPSA) is 94.4 Å². The lowest BCUT2D eigenvalue weighted by atomic mass is 10.0. The maximum atomic E-state index is 14.9. The number of carbonyl (C=O) groups excluding carboxylic acids is 2. The van der Waals surface area contributed by atoms with Crippen LogP contribution in [0.25, 0.3) is 22.3 Å². The number of ether oxygens (including phenoxy) is 2. The van der Waals surface area contributed by atoms with Crippen LogP contribution in [0.2, 0.25) is 0 Å². The van der Waals surface area contributed by atoms with Gasteiger partial charge in [0.15, 0.2) is 12.3 Å². The Morgan fingerprint density at radius 1 is 0.750 bits per heavy atom. The van der Waals surface area contributed by atoms with E-state index in [1.54, 1.807) is 48.5 Å². The smallest absolute Gasteiger partial charge is 0.338 e. The van der Waals surface area contributed by atoms with Gasteiger partial charge in [0.1, 0.15) is 19.8 Å². The molecule has 0 amide bonds. The molecule has 0 aliphatic heterocycles. The summed E-state index contributed by atoms with van der Waals surface area (Å²) in [6.07, 6.45) is -4.68. The molecule has 8 heteroatoms. The number of hydrogen-bond acceptors (Lipinski definition) is 7. The summed E-state index contributed by atoms with van der Waals surface area (Å²) in [5.41, 5.74) is 4.15. The summed E-state index contributed by atoms with van der Waals surface area (Å²) in [5.74, 6) is -1.58. The molecule has 0 bridgehead atoms. The predicted molar refractivity (Wildman–Crippen MR) is 150 cm³/mol. The Morgan fingerprint density at radius 3 is 1.68 bits per heavy atom. The van der Waals surface area contributed by atoms with Gasteiger partial charge in [-0.25, -0.2) is 14.0 Å². The highest BCUT2D eigenvalue weighted by atomic mass is 19.1. The van der Waals surface area contributed by atoms with Crippen LogP contribution < -0.4 is 0 Å². The van der Waals surface area contributed by atoms with Gasteiger partial charge in [0, 0.05) is 0 Å². The fraction of sp³-hybridized carbons (Fsp3) is 0.156. The second kappa shape index (κ2) is 13.8. The molecule has 0 aliphatic carbocycles. The SMILES string of the molecule is CO/N=C\[C@@H](F)[C@H](OC(=O)c1ccc(-c2ccccc2)cc1)[C@H](O)COC(=O)c1ccc(-c2ccccc2)cc1. The predicted octanol–water partition coefficient (Wildman–Crippen LogP) is 5.73. The molecule has 0 aromatic heterocycles. The highest BCUT2D eigenvalue weighted by Gasteiger charge is 2.33. The van der Waals surface area contributed by atoms with Gasteiger partial charge in [-0.2, -0.15) is 0 Å². The zero-order chi connectivity index (χ0) is 28.3. The van der Waals surface area contributed by atoms with Gasteiger partial charge in [0.05, 0.1) is 17.3 Å². The van der Waals surface area contributed by atoms with Gasteiger partial charge in [-0.1, -0.05) is 90.1 Å². The van der Waals surface area contributed by atoms with E-state index in [4.69, 9.17) is 9.47 Å². The first-order valence-corrected chi connectivity index (χ1v) is 12.5. The zero-order valence-electron chi connectivity index (χ0n) is 21.7. The lowest BCUT2D eigenvalue weighted by Crippen LogP contribution is -2.43. The Labute approximate surface area is 231 Å². The summed E-state index contributed by atoms with van der Waals surface area (Å²) >= 11 is 0. The van der Waals surface area contributed by atoms with Crippen molar-refractivity contribution in [1.82, 2.24) is 0 Å². The van der Waals surface area contributed by atoms with Crippen molar-refractivity contribution in [3.8, 4) is 22.3 Å². The average molecular weight is 542 g/mol. The molecule has 4 aromatic rings. The molecule has 0 spiro atoms. The summed E-state index contributed by atoms with van der Waals surface area (Å²) in [5, 5.41) is 14.0. The summed E-state index contributed by atoms with van der Waals surface area (Å²) in [7, 11) is 1.22. The van der Waals surface area contributed by atoms with Crippen molar-refractivity contribution in [2.45, 2.75) is 18.4 Å². The molecule has 3 atom stereocenters. The molecule has 0 unspecified atom stereocenters. The highest BCUT2D eigenvalue weighted by Crippen LogP contribution is 2.22.